The van der Waals surface area contributed by atoms with Crippen molar-refractivity contribution in [2.24, 2.45) is 15.4 Å². The first-order chi connectivity index (χ1) is 17.4. The molecule has 0 aliphatic heterocycles. The summed E-state index contributed by atoms with van der Waals surface area (Å²) in [5, 5.41) is 26.9. The normalized spacial score (nSPS) is 12.4. The highest BCUT2D eigenvalue weighted by atomic mass is 79.9. The smallest absolute Gasteiger partial charge is 0.416 e. The Bertz CT molecular complexity index is 1650. The molecule has 8 nitrogen and oxygen atoms in total. The first kappa shape index (κ1) is 26.7. The number of nitrogens with one attached hydrogen (secondary N) is 1. The summed E-state index contributed by atoms with van der Waals surface area (Å²) < 4.78 is 66.2. The van der Waals surface area contributed by atoms with Crippen molar-refractivity contribution in [3.63, 3.8) is 0 Å². The van der Waals surface area contributed by atoms with Gasteiger partial charge in [0.05, 0.1) is 23.3 Å². The second-order valence-electron chi connectivity index (χ2n) is 7.75. The van der Waals surface area contributed by atoms with Crippen LogP contribution in [-0.4, -0.2) is 23.2 Å². The predicted molar refractivity (Wildman–Crippen MR) is 140 cm³/mol. The van der Waals surface area contributed by atoms with Crippen LogP contribution in [0.15, 0.2) is 86.3 Å². The van der Waals surface area contributed by atoms with Crippen molar-refractivity contribution >= 4 is 65.6 Å². The number of halogens is 4. The van der Waals surface area contributed by atoms with Crippen molar-refractivity contribution in [3.8, 4) is 5.88 Å². The summed E-state index contributed by atoms with van der Waals surface area (Å²) in [5.41, 5.74) is -0.434. The number of anilines is 1. The van der Waals surface area contributed by atoms with Crippen LogP contribution < -0.4 is 10.5 Å². The molecule has 4 rings (SSSR count). The summed E-state index contributed by atoms with van der Waals surface area (Å²) in [4.78, 5) is -0.208. The van der Waals surface area contributed by atoms with Crippen LogP contribution in [-0.2, 0) is 22.7 Å². The molecular formula is C23H17BrF3N5O3S2. The highest BCUT2D eigenvalue weighted by molar-refractivity contribution is 9.10. The summed E-state index contributed by atoms with van der Waals surface area (Å²) >= 11 is 8.48. The zero-order chi connectivity index (χ0) is 27.0. The average Bonchev–Trinajstić information content (AvgIpc) is 3.07. The molecule has 0 bridgehead atoms. The van der Waals surface area contributed by atoms with Crippen LogP contribution in [0.4, 0.5) is 24.5 Å². The Morgan fingerprint density at radius 3 is 2.49 bits per heavy atom. The quantitative estimate of drug-likeness (QED) is 0.180. The Balaban J connectivity index is 1.72. The largest absolute Gasteiger partial charge is 0.493 e. The van der Waals surface area contributed by atoms with Crippen LogP contribution in [0.3, 0.4) is 0 Å². The topological polar surface area (TPSA) is 122 Å². The summed E-state index contributed by atoms with van der Waals surface area (Å²) in [6.45, 7) is -0.297. The van der Waals surface area contributed by atoms with Crippen LogP contribution >= 0.6 is 28.1 Å². The molecule has 1 heterocycles. The van der Waals surface area contributed by atoms with Crippen LogP contribution in [0.5, 0.6) is 5.88 Å². The van der Waals surface area contributed by atoms with Gasteiger partial charge >= 0.3 is 6.18 Å². The van der Waals surface area contributed by atoms with E-state index in [1.807, 2.05) is 0 Å². The number of fused-ring (bicyclic) bond motifs is 1. The molecule has 0 radical (unpaired) electrons. The summed E-state index contributed by atoms with van der Waals surface area (Å²) in [6.07, 6.45) is -4.58. The van der Waals surface area contributed by atoms with Gasteiger partial charge in [-0.05, 0) is 54.2 Å². The summed E-state index contributed by atoms with van der Waals surface area (Å²) in [5.74, 6) is -0.429. The van der Waals surface area contributed by atoms with E-state index in [0.29, 0.717) is 15.4 Å². The molecule has 1 aromatic heterocycles. The molecule has 4 aromatic rings. The van der Waals surface area contributed by atoms with E-state index in [2.05, 4.69) is 31.5 Å². The Hall–Kier alpha value is -3.33. The second kappa shape index (κ2) is 10.2. The van der Waals surface area contributed by atoms with Crippen LogP contribution in [0, 0.1) is 0 Å². The molecule has 3 aromatic carbocycles. The van der Waals surface area contributed by atoms with Crippen molar-refractivity contribution in [3.05, 3.63) is 82.3 Å². The molecule has 14 heteroatoms. The molecule has 0 aliphatic rings. The number of alkyl halides is 3. The minimum absolute atomic E-state index is 0.0316. The fourth-order valence-corrected chi connectivity index (χ4v) is 4.90. The first-order valence-electron chi connectivity index (χ1n) is 10.4. The highest BCUT2D eigenvalue weighted by Crippen LogP contribution is 2.41. The lowest BCUT2D eigenvalue weighted by molar-refractivity contribution is -0.138. The van der Waals surface area contributed by atoms with Gasteiger partial charge in [0.25, 0.3) is 0 Å². The minimum atomic E-state index is -4.58. The Morgan fingerprint density at radius 1 is 1.11 bits per heavy atom. The molecule has 0 amide bonds. The Kier molecular flexibility index (Phi) is 7.37. The Morgan fingerprint density at radius 2 is 1.78 bits per heavy atom. The van der Waals surface area contributed by atoms with E-state index < -0.39 is 27.6 Å². The van der Waals surface area contributed by atoms with Crippen molar-refractivity contribution < 1.29 is 26.7 Å². The average molecular weight is 612 g/mol. The number of aromatic nitrogens is 1. The number of sulfonamides is 1. The third-order valence-corrected chi connectivity index (χ3v) is 6.95. The maximum Gasteiger partial charge on any atom is 0.416 e. The number of thiocarbonyl (C=S) groups is 1. The molecule has 37 heavy (non-hydrogen) atoms. The fraction of sp³-hybridized carbons (Fsp3) is 0.0870. The molecule has 0 atom stereocenters. The summed E-state index contributed by atoms with van der Waals surface area (Å²) in [6, 6.07) is 15.8. The third-order valence-electron chi connectivity index (χ3n) is 5.30. The number of hydrogen-bond donors (Lipinski definition) is 3. The molecule has 0 saturated carbocycles. The van der Waals surface area contributed by atoms with Gasteiger partial charge in [-0.15, -0.1) is 10.2 Å². The maximum absolute atomic E-state index is 13.5. The molecule has 0 aliphatic carbocycles. The molecule has 0 saturated heterocycles. The van der Waals surface area contributed by atoms with Gasteiger partial charge in [-0.3, -0.25) is 0 Å². The monoisotopic (exact) mass is 611 g/mol. The van der Waals surface area contributed by atoms with Gasteiger partial charge in [-0.2, -0.15) is 13.2 Å². The van der Waals surface area contributed by atoms with Crippen LogP contribution in [0.1, 0.15) is 11.1 Å². The fourth-order valence-electron chi connectivity index (χ4n) is 3.71. The van der Waals surface area contributed by atoms with Crippen molar-refractivity contribution in [2.75, 3.05) is 5.32 Å². The van der Waals surface area contributed by atoms with E-state index in [4.69, 9.17) is 17.4 Å². The van der Waals surface area contributed by atoms with E-state index in [1.54, 1.807) is 24.3 Å². The highest BCUT2D eigenvalue weighted by Gasteiger charge is 2.33. The maximum atomic E-state index is 13.5. The van der Waals surface area contributed by atoms with E-state index in [1.165, 1.54) is 41.0 Å². The second-order valence-corrected chi connectivity index (χ2v) is 10.6. The Labute approximate surface area is 222 Å². The molecule has 0 spiro atoms. The van der Waals surface area contributed by atoms with Crippen molar-refractivity contribution in [2.45, 2.75) is 17.6 Å². The molecule has 4 N–H and O–H groups in total. The zero-order valence-corrected chi connectivity index (χ0v) is 21.8. The standard InChI is InChI=1S/C23H17BrF3N5O3S2/c24-14-9-10-15-18(11-14)32(12-13-5-1-2-6-16(13)23(25,26)27)21(33)20(15)30-31-22(36)29-17-7-3-4-8-19(17)37(28,34)35/h1-11,33H,12H2,(H,29,36)(H2,28,34,35). The number of nitrogens with zero attached hydrogens (tertiary/aromatic N) is 3. The molecule has 0 fully saturated rings. The van der Waals surface area contributed by atoms with Crippen LogP contribution in [0.2, 0.25) is 0 Å². The number of benzene rings is 3. The number of hydrogen-bond acceptors (Lipinski definition) is 5. The van der Waals surface area contributed by atoms with Crippen molar-refractivity contribution in [1.82, 2.24) is 4.57 Å². The van der Waals surface area contributed by atoms with Gasteiger partial charge in [-0.25, -0.2) is 13.6 Å². The zero-order valence-electron chi connectivity index (χ0n) is 18.6. The summed E-state index contributed by atoms with van der Waals surface area (Å²) in [7, 11) is -4.05. The van der Waals surface area contributed by atoms with Crippen LogP contribution in [0.25, 0.3) is 10.9 Å². The lowest BCUT2D eigenvalue weighted by Gasteiger charge is -2.14. The molecular weight excluding hydrogens is 595 g/mol. The number of rotatable bonds is 5. The van der Waals surface area contributed by atoms with E-state index in [9.17, 15) is 26.7 Å². The first-order valence-corrected chi connectivity index (χ1v) is 13.1. The SMILES string of the molecule is NS(=O)(=O)c1ccccc1NC(=S)N=Nc1c(O)n(Cc2ccccc2C(F)(F)F)c2cc(Br)ccc12. The lowest BCUT2D eigenvalue weighted by atomic mass is 10.1. The number of para-hydroxylation sites is 1. The van der Waals surface area contributed by atoms with E-state index in [0.717, 1.165) is 6.07 Å². The number of nitrogens with two attached hydrogens (primary N) is 1. The van der Waals surface area contributed by atoms with Gasteiger partial charge in [0, 0.05) is 9.86 Å². The third kappa shape index (κ3) is 5.82. The predicted octanol–water partition coefficient (Wildman–Crippen LogP) is 6.30. The van der Waals surface area contributed by atoms with E-state index in [-0.39, 0.29) is 33.5 Å². The van der Waals surface area contributed by atoms with Gasteiger partial charge < -0.3 is 15.0 Å². The van der Waals surface area contributed by atoms with Crippen molar-refractivity contribution in [1.29, 1.82) is 0 Å². The minimum Gasteiger partial charge on any atom is -0.493 e. The van der Waals surface area contributed by atoms with E-state index >= 15 is 0 Å². The van der Waals surface area contributed by atoms with Gasteiger partial charge in [0.1, 0.15) is 4.90 Å². The van der Waals surface area contributed by atoms with Gasteiger partial charge in [0.2, 0.25) is 21.0 Å². The van der Waals surface area contributed by atoms with Gasteiger partial charge in [-0.1, -0.05) is 46.3 Å². The van der Waals surface area contributed by atoms with Gasteiger partial charge in [0.15, 0.2) is 5.69 Å². The molecule has 192 valence electrons. The number of aromatic hydroxyl groups is 1. The lowest BCUT2D eigenvalue weighted by Crippen LogP contribution is -2.16. The molecule has 0 unspecified atom stereocenters. The number of primary sulfonamides is 1. The number of azo groups is 1.